The first-order valence-electron chi connectivity index (χ1n) is 9.91. The summed E-state index contributed by atoms with van der Waals surface area (Å²) in [4.78, 5) is 0.446. The lowest BCUT2D eigenvalue weighted by Crippen LogP contribution is -2.56. The highest BCUT2D eigenvalue weighted by Crippen LogP contribution is 2.61. The summed E-state index contributed by atoms with van der Waals surface area (Å²) in [5.74, 6) is 2.52. The number of nitrogens with one attached hydrogen (secondary N) is 1. The van der Waals surface area contributed by atoms with Crippen LogP contribution < -0.4 is 4.72 Å². The van der Waals surface area contributed by atoms with Crippen LogP contribution in [0.15, 0.2) is 23.1 Å². The number of rotatable bonds is 5. The van der Waals surface area contributed by atoms with Crippen molar-refractivity contribution in [1.29, 1.82) is 0 Å². The van der Waals surface area contributed by atoms with Gasteiger partial charge in [0.1, 0.15) is 0 Å². The standard InChI is InChI=1S/C21H31NO2S/c1-4-20(21-11-16-8-17(12-21)10-18(9-16)13-21)22-25(23,24)19-6-5-14(2)7-15(19)3/h5-7,16-18,20,22H,4,8-13H2,1-3H3. The van der Waals surface area contributed by atoms with Crippen molar-refractivity contribution in [3.8, 4) is 0 Å². The maximum atomic E-state index is 13.1. The van der Waals surface area contributed by atoms with Gasteiger partial charge in [-0.25, -0.2) is 13.1 Å². The van der Waals surface area contributed by atoms with Crippen LogP contribution in [-0.4, -0.2) is 14.5 Å². The van der Waals surface area contributed by atoms with E-state index >= 15 is 0 Å². The lowest BCUT2D eigenvalue weighted by atomic mass is 9.47. The first-order chi connectivity index (χ1) is 11.8. The fourth-order valence-electron chi connectivity index (χ4n) is 6.60. The summed E-state index contributed by atoms with van der Waals surface area (Å²) in [5.41, 5.74) is 2.15. The molecule has 4 aliphatic rings. The van der Waals surface area contributed by atoms with E-state index in [0.717, 1.165) is 35.3 Å². The molecule has 4 heteroatoms. The molecular formula is C21H31NO2S. The molecule has 1 aromatic rings. The lowest BCUT2D eigenvalue weighted by molar-refractivity contribution is -0.0704. The van der Waals surface area contributed by atoms with Crippen LogP contribution in [0.3, 0.4) is 0 Å². The van der Waals surface area contributed by atoms with Gasteiger partial charge in [0.15, 0.2) is 0 Å². The molecule has 1 unspecified atom stereocenters. The number of sulfonamides is 1. The van der Waals surface area contributed by atoms with Gasteiger partial charge in [-0.2, -0.15) is 0 Å². The molecule has 0 aromatic heterocycles. The molecule has 138 valence electrons. The Labute approximate surface area is 152 Å². The van der Waals surface area contributed by atoms with Crippen molar-refractivity contribution in [3.05, 3.63) is 29.3 Å². The van der Waals surface area contributed by atoms with Gasteiger partial charge in [0, 0.05) is 6.04 Å². The van der Waals surface area contributed by atoms with Gasteiger partial charge in [-0.3, -0.25) is 0 Å². The quantitative estimate of drug-likeness (QED) is 0.834. The van der Waals surface area contributed by atoms with Crippen LogP contribution in [0.5, 0.6) is 0 Å². The molecule has 5 rings (SSSR count). The Morgan fingerprint density at radius 2 is 1.64 bits per heavy atom. The zero-order chi connectivity index (χ0) is 17.8. The van der Waals surface area contributed by atoms with Gasteiger partial charge in [0.25, 0.3) is 0 Å². The second-order valence-corrected chi connectivity index (χ2v) is 10.8. The maximum absolute atomic E-state index is 13.1. The number of aryl methyl sites for hydroxylation is 2. The number of hydrogen-bond acceptors (Lipinski definition) is 2. The van der Waals surface area contributed by atoms with Crippen molar-refractivity contribution in [1.82, 2.24) is 4.72 Å². The average Bonchev–Trinajstić information content (AvgIpc) is 2.50. The highest BCUT2D eigenvalue weighted by molar-refractivity contribution is 7.89. The van der Waals surface area contributed by atoms with E-state index in [2.05, 4.69) is 11.6 Å². The largest absolute Gasteiger partial charge is 0.241 e. The van der Waals surface area contributed by atoms with Crippen LogP contribution >= 0.6 is 0 Å². The van der Waals surface area contributed by atoms with E-state index in [4.69, 9.17) is 0 Å². The fourth-order valence-corrected chi connectivity index (χ4v) is 8.25. The molecule has 1 N–H and O–H groups in total. The first kappa shape index (κ1) is 17.5. The summed E-state index contributed by atoms with van der Waals surface area (Å²) in [5, 5.41) is 0. The van der Waals surface area contributed by atoms with Gasteiger partial charge >= 0.3 is 0 Å². The molecule has 25 heavy (non-hydrogen) atoms. The van der Waals surface area contributed by atoms with Gasteiger partial charge in [0.2, 0.25) is 10.0 Å². The van der Waals surface area contributed by atoms with E-state index in [0.29, 0.717) is 4.90 Å². The molecule has 4 aliphatic carbocycles. The number of benzene rings is 1. The van der Waals surface area contributed by atoms with Crippen molar-refractivity contribution in [3.63, 3.8) is 0 Å². The molecule has 4 bridgehead atoms. The summed E-state index contributed by atoms with van der Waals surface area (Å²) in [6, 6.07) is 5.69. The third-order valence-corrected chi connectivity index (χ3v) is 8.78. The number of hydrogen-bond donors (Lipinski definition) is 1. The Morgan fingerprint density at radius 1 is 1.08 bits per heavy atom. The Morgan fingerprint density at radius 3 is 2.12 bits per heavy atom. The van der Waals surface area contributed by atoms with E-state index in [1.807, 2.05) is 26.0 Å². The molecule has 0 radical (unpaired) electrons. The van der Waals surface area contributed by atoms with Crippen LogP contribution in [0, 0.1) is 37.0 Å². The maximum Gasteiger partial charge on any atom is 0.241 e. The van der Waals surface area contributed by atoms with E-state index < -0.39 is 10.0 Å². The van der Waals surface area contributed by atoms with Crippen molar-refractivity contribution in [2.24, 2.45) is 23.2 Å². The normalized spacial score (nSPS) is 35.1. The summed E-state index contributed by atoms with van der Waals surface area (Å²) < 4.78 is 29.4. The minimum atomic E-state index is -3.46. The van der Waals surface area contributed by atoms with E-state index in [1.54, 1.807) is 6.07 Å². The predicted octanol–water partition coefficient (Wildman–Crippen LogP) is 4.58. The topological polar surface area (TPSA) is 46.2 Å². The Kier molecular flexibility index (Phi) is 4.27. The van der Waals surface area contributed by atoms with Crippen molar-refractivity contribution in [2.45, 2.75) is 76.7 Å². The summed E-state index contributed by atoms with van der Waals surface area (Å²) in [6.07, 6.45) is 8.74. The minimum Gasteiger partial charge on any atom is -0.208 e. The van der Waals surface area contributed by atoms with Gasteiger partial charge in [0.05, 0.1) is 4.90 Å². The monoisotopic (exact) mass is 361 g/mol. The summed E-state index contributed by atoms with van der Waals surface area (Å²) >= 11 is 0. The summed E-state index contributed by atoms with van der Waals surface area (Å²) in [6.45, 7) is 6.04. The average molecular weight is 362 g/mol. The second kappa shape index (κ2) is 6.09. The van der Waals surface area contributed by atoms with E-state index in [9.17, 15) is 8.42 Å². The summed E-state index contributed by atoms with van der Waals surface area (Å²) in [7, 11) is -3.46. The molecular weight excluding hydrogens is 330 g/mol. The molecule has 3 nitrogen and oxygen atoms in total. The molecule has 0 aliphatic heterocycles. The molecule has 0 spiro atoms. The molecule has 1 aromatic carbocycles. The molecule has 0 amide bonds. The lowest BCUT2D eigenvalue weighted by Gasteiger charge is -2.59. The predicted molar refractivity (Wildman–Crippen MR) is 101 cm³/mol. The van der Waals surface area contributed by atoms with Gasteiger partial charge < -0.3 is 0 Å². The highest BCUT2D eigenvalue weighted by Gasteiger charge is 2.54. The molecule has 1 atom stereocenters. The third kappa shape index (κ3) is 3.06. The van der Waals surface area contributed by atoms with Gasteiger partial charge in [-0.05, 0) is 93.6 Å². The van der Waals surface area contributed by atoms with E-state index in [-0.39, 0.29) is 11.5 Å². The van der Waals surface area contributed by atoms with Crippen molar-refractivity contribution >= 4 is 10.0 Å². The Hall–Kier alpha value is -0.870. The molecule has 0 heterocycles. The first-order valence-corrected chi connectivity index (χ1v) is 11.4. The Balaban J connectivity index is 1.62. The fraction of sp³-hybridized carbons (Fsp3) is 0.714. The Bertz CT molecular complexity index is 733. The third-order valence-electron chi connectivity index (χ3n) is 7.15. The van der Waals surface area contributed by atoms with E-state index in [1.165, 1.54) is 38.5 Å². The second-order valence-electron chi connectivity index (χ2n) is 9.13. The molecule has 4 fully saturated rings. The smallest absolute Gasteiger partial charge is 0.208 e. The highest BCUT2D eigenvalue weighted by atomic mass is 32.2. The van der Waals surface area contributed by atoms with Gasteiger partial charge in [-0.1, -0.05) is 24.6 Å². The van der Waals surface area contributed by atoms with Gasteiger partial charge in [-0.15, -0.1) is 0 Å². The SMILES string of the molecule is CCC(NS(=O)(=O)c1ccc(C)cc1C)C12CC3CC(CC(C3)C1)C2. The van der Waals surface area contributed by atoms with Crippen LogP contribution in [0.4, 0.5) is 0 Å². The van der Waals surface area contributed by atoms with Crippen molar-refractivity contribution in [2.75, 3.05) is 0 Å². The van der Waals surface area contributed by atoms with Crippen LogP contribution in [0.1, 0.15) is 63.0 Å². The molecule has 0 saturated heterocycles. The van der Waals surface area contributed by atoms with Crippen molar-refractivity contribution < 1.29 is 8.42 Å². The molecule has 4 saturated carbocycles. The van der Waals surface area contributed by atoms with Crippen LogP contribution in [0.25, 0.3) is 0 Å². The van der Waals surface area contributed by atoms with Crippen LogP contribution in [0.2, 0.25) is 0 Å². The zero-order valence-corrected chi connectivity index (χ0v) is 16.5. The zero-order valence-electron chi connectivity index (χ0n) is 15.7. The minimum absolute atomic E-state index is 0.0756. The van der Waals surface area contributed by atoms with Crippen LogP contribution in [-0.2, 0) is 10.0 Å².